The van der Waals surface area contributed by atoms with Gasteiger partial charge in [0.2, 0.25) is 5.88 Å². The number of thiophene rings is 1. The molecule has 0 unspecified atom stereocenters. The van der Waals surface area contributed by atoms with E-state index >= 15 is 0 Å². The molecule has 0 amide bonds. The van der Waals surface area contributed by atoms with Gasteiger partial charge in [-0.3, -0.25) is 4.98 Å². The number of aryl methyl sites for hydroxylation is 1. The van der Waals surface area contributed by atoms with E-state index in [0.29, 0.717) is 22.7 Å². The first-order valence-corrected chi connectivity index (χ1v) is 10.3. The zero-order valence-corrected chi connectivity index (χ0v) is 17.2. The average Bonchev–Trinajstić information content (AvgIpc) is 3.36. The van der Waals surface area contributed by atoms with Gasteiger partial charge in [-0.25, -0.2) is 4.98 Å². The summed E-state index contributed by atoms with van der Waals surface area (Å²) >= 11 is 1.56. The Morgan fingerprint density at radius 2 is 1.87 bits per heavy atom. The molecule has 30 heavy (non-hydrogen) atoms. The number of aromatic nitrogens is 4. The highest BCUT2D eigenvalue weighted by molar-refractivity contribution is 7.14. The van der Waals surface area contributed by atoms with Crippen molar-refractivity contribution in [3.63, 3.8) is 0 Å². The minimum Gasteiger partial charge on any atom is -0.495 e. The Morgan fingerprint density at radius 1 is 1.07 bits per heavy atom. The summed E-state index contributed by atoms with van der Waals surface area (Å²) < 4.78 is 7.31. The molecule has 0 saturated carbocycles. The molecule has 0 aliphatic heterocycles. The molecule has 5 rings (SSSR count). The van der Waals surface area contributed by atoms with Crippen LogP contribution in [0.2, 0.25) is 0 Å². The predicted molar refractivity (Wildman–Crippen MR) is 118 cm³/mol. The van der Waals surface area contributed by atoms with Crippen LogP contribution in [-0.4, -0.2) is 31.8 Å². The topological polar surface area (TPSA) is 72.5 Å². The van der Waals surface area contributed by atoms with Crippen molar-refractivity contribution < 1.29 is 9.84 Å². The number of benzene rings is 1. The Hall–Kier alpha value is -3.71. The van der Waals surface area contributed by atoms with Crippen molar-refractivity contribution in [1.29, 1.82) is 0 Å². The van der Waals surface area contributed by atoms with Crippen LogP contribution >= 0.6 is 11.3 Å². The van der Waals surface area contributed by atoms with Crippen molar-refractivity contribution in [3.8, 4) is 44.6 Å². The lowest BCUT2D eigenvalue weighted by molar-refractivity contribution is 0.419. The van der Waals surface area contributed by atoms with Crippen LogP contribution in [0.4, 0.5) is 0 Å². The molecule has 7 heteroatoms. The molecule has 0 fully saturated rings. The summed E-state index contributed by atoms with van der Waals surface area (Å²) in [6.45, 7) is 1.85. The molecule has 6 nitrogen and oxygen atoms in total. The summed E-state index contributed by atoms with van der Waals surface area (Å²) in [6, 6.07) is 17.4. The third kappa shape index (κ3) is 2.91. The van der Waals surface area contributed by atoms with Crippen molar-refractivity contribution in [2.24, 2.45) is 0 Å². The Bertz CT molecular complexity index is 1340. The number of aromatic hydroxyl groups is 1. The van der Waals surface area contributed by atoms with Crippen molar-refractivity contribution in [2.75, 3.05) is 7.11 Å². The number of hydrogen-bond acceptors (Lipinski definition) is 6. The number of ether oxygens (including phenoxy) is 1. The van der Waals surface area contributed by atoms with Crippen LogP contribution < -0.4 is 4.74 Å². The summed E-state index contributed by atoms with van der Waals surface area (Å²) in [5.74, 6) is 0.779. The number of rotatable bonds is 4. The first kappa shape index (κ1) is 18.3. The van der Waals surface area contributed by atoms with Gasteiger partial charge < -0.3 is 9.84 Å². The number of fused-ring (bicyclic) bond motifs is 1. The van der Waals surface area contributed by atoms with Gasteiger partial charge in [-0.05, 0) is 24.6 Å². The fraction of sp³-hybridized carbons (Fsp3) is 0.0870. The third-order valence-electron chi connectivity index (χ3n) is 4.87. The molecule has 0 spiro atoms. The molecule has 148 valence electrons. The normalized spacial score (nSPS) is 11.1. The standard InChI is InChI=1S/C23H18N4O2S/c1-14-12-18(28)27-23(25-14)19(20(26-27)17-10-6-7-11-24-17)22-21(29-2)16(13-30-22)15-8-4-3-5-9-15/h3-13,28H,1-2H3. The van der Waals surface area contributed by atoms with Crippen LogP contribution in [0.25, 0.3) is 38.6 Å². The summed E-state index contributed by atoms with van der Waals surface area (Å²) in [5, 5.41) is 17.2. The number of hydrogen-bond donors (Lipinski definition) is 1. The second-order valence-electron chi connectivity index (χ2n) is 6.81. The van der Waals surface area contributed by atoms with Gasteiger partial charge in [-0.1, -0.05) is 36.4 Å². The molecule has 0 atom stereocenters. The molecule has 4 heterocycles. The second kappa shape index (κ2) is 7.27. The highest BCUT2D eigenvalue weighted by atomic mass is 32.1. The van der Waals surface area contributed by atoms with Crippen LogP contribution in [0, 0.1) is 6.92 Å². The summed E-state index contributed by atoms with van der Waals surface area (Å²) in [7, 11) is 1.67. The monoisotopic (exact) mass is 414 g/mol. The fourth-order valence-electron chi connectivity index (χ4n) is 3.55. The average molecular weight is 414 g/mol. The van der Waals surface area contributed by atoms with E-state index in [0.717, 1.165) is 27.3 Å². The maximum atomic E-state index is 10.5. The molecule has 0 aliphatic rings. The van der Waals surface area contributed by atoms with Crippen LogP contribution in [0.3, 0.4) is 0 Å². The Labute approximate surface area is 177 Å². The van der Waals surface area contributed by atoms with E-state index in [2.05, 4.69) is 32.6 Å². The van der Waals surface area contributed by atoms with Crippen LogP contribution in [0.1, 0.15) is 5.69 Å². The van der Waals surface area contributed by atoms with E-state index in [1.165, 1.54) is 4.52 Å². The van der Waals surface area contributed by atoms with Gasteiger partial charge in [-0.2, -0.15) is 9.61 Å². The van der Waals surface area contributed by atoms with E-state index in [9.17, 15) is 5.11 Å². The second-order valence-corrected chi connectivity index (χ2v) is 7.69. The number of nitrogens with zero attached hydrogens (tertiary/aromatic N) is 4. The zero-order valence-electron chi connectivity index (χ0n) is 16.4. The van der Waals surface area contributed by atoms with Gasteiger partial charge in [0.25, 0.3) is 0 Å². The van der Waals surface area contributed by atoms with Crippen molar-refractivity contribution in [1.82, 2.24) is 19.6 Å². The van der Waals surface area contributed by atoms with Gasteiger partial charge in [0.1, 0.15) is 11.4 Å². The highest BCUT2D eigenvalue weighted by Gasteiger charge is 2.26. The molecule has 1 aromatic carbocycles. The molecule has 1 N–H and O–H groups in total. The van der Waals surface area contributed by atoms with Crippen LogP contribution in [-0.2, 0) is 0 Å². The Balaban J connectivity index is 1.84. The smallest absolute Gasteiger partial charge is 0.215 e. The van der Waals surface area contributed by atoms with Gasteiger partial charge in [0, 0.05) is 28.9 Å². The van der Waals surface area contributed by atoms with E-state index in [1.807, 2.05) is 43.3 Å². The van der Waals surface area contributed by atoms with Crippen LogP contribution in [0.15, 0.2) is 66.2 Å². The molecule has 0 bridgehead atoms. The van der Waals surface area contributed by atoms with Crippen molar-refractivity contribution in [2.45, 2.75) is 6.92 Å². The van der Waals surface area contributed by atoms with E-state index in [1.54, 1.807) is 30.7 Å². The Kier molecular flexibility index (Phi) is 4.44. The van der Waals surface area contributed by atoms with Gasteiger partial charge in [-0.15, -0.1) is 11.3 Å². The minimum absolute atomic E-state index is 0.0275. The molecular weight excluding hydrogens is 396 g/mol. The number of methoxy groups -OCH3 is 1. The van der Waals surface area contributed by atoms with E-state index in [-0.39, 0.29) is 5.88 Å². The molecule has 0 saturated heterocycles. The van der Waals surface area contributed by atoms with E-state index in [4.69, 9.17) is 4.74 Å². The van der Waals surface area contributed by atoms with Gasteiger partial charge in [0.05, 0.1) is 23.2 Å². The highest BCUT2D eigenvalue weighted by Crippen LogP contribution is 2.48. The minimum atomic E-state index is 0.0275. The SMILES string of the molecule is COc1c(-c2ccccc2)csc1-c1c(-c2ccccn2)nn2c(O)cc(C)nc12. The Morgan fingerprint density at radius 3 is 2.60 bits per heavy atom. The number of pyridine rings is 1. The molecular formula is C23H18N4O2S. The summed E-state index contributed by atoms with van der Waals surface area (Å²) in [5.41, 5.74) is 5.47. The molecule has 4 aromatic heterocycles. The fourth-order valence-corrected chi connectivity index (χ4v) is 4.63. The molecule has 5 aromatic rings. The van der Waals surface area contributed by atoms with Crippen molar-refractivity contribution >= 4 is 17.0 Å². The molecule has 0 radical (unpaired) electrons. The lowest BCUT2D eigenvalue weighted by Crippen LogP contribution is -1.93. The third-order valence-corrected chi connectivity index (χ3v) is 5.85. The first-order valence-electron chi connectivity index (χ1n) is 9.39. The van der Waals surface area contributed by atoms with Gasteiger partial charge >= 0.3 is 0 Å². The maximum absolute atomic E-state index is 10.5. The zero-order chi connectivity index (χ0) is 20.7. The van der Waals surface area contributed by atoms with Gasteiger partial charge in [0.15, 0.2) is 5.65 Å². The van der Waals surface area contributed by atoms with Crippen LogP contribution in [0.5, 0.6) is 11.6 Å². The summed E-state index contributed by atoms with van der Waals surface area (Å²) in [4.78, 5) is 10.1. The maximum Gasteiger partial charge on any atom is 0.215 e. The largest absolute Gasteiger partial charge is 0.495 e. The predicted octanol–water partition coefficient (Wildman–Crippen LogP) is 5.21. The summed E-state index contributed by atoms with van der Waals surface area (Å²) in [6.07, 6.45) is 1.72. The first-order chi connectivity index (χ1) is 14.7. The lowest BCUT2D eigenvalue weighted by atomic mass is 10.0. The van der Waals surface area contributed by atoms with E-state index < -0.39 is 0 Å². The quantitative estimate of drug-likeness (QED) is 0.437. The van der Waals surface area contributed by atoms with Crippen molar-refractivity contribution in [3.05, 3.63) is 71.9 Å². The lowest BCUT2D eigenvalue weighted by Gasteiger charge is -2.07. The molecule has 0 aliphatic carbocycles.